The van der Waals surface area contributed by atoms with Gasteiger partial charge in [0.15, 0.2) is 0 Å². The molecule has 2 aromatic carbocycles. The van der Waals surface area contributed by atoms with Crippen molar-refractivity contribution in [3.05, 3.63) is 86.5 Å². The van der Waals surface area contributed by atoms with Crippen LogP contribution in [0.4, 0.5) is 0 Å². The average Bonchev–Trinajstić information content (AvgIpc) is 3.32. The number of nitrogens with zero attached hydrogens (tertiary/aromatic N) is 2. The molecular weight excluding hydrogens is 396 g/mol. The maximum absolute atomic E-state index is 6.32. The molecule has 3 heterocycles. The fourth-order valence-corrected chi connectivity index (χ4v) is 4.48. The number of para-hydroxylation sites is 1. The van der Waals surface area contributed by atoms with Crippen LogP contribution < -0.4 is 4.74 Å². The summed E-state index contributed by atoms with van der Waals surface area (Å²) in [4.78, 5) is 1.18. The largest absolute Gasteiger partial charge is 0.464 e. The van der Waals surface area contributed by atoms with Crippen LogP contribution in [0.25, 0.3) is 0 Å². The molecule has 0 fully saturated rings. The number of halogens is 1. The number of rotatable bonds is 2. The third-order valence-corrected chi connectivity index (χ3v) is 6.09. The van der Waals surface area contributed by atoms with E-state index in [4.69, 9.17) is 9.84 Å². The van der Waals surface area contributed by atoms with Crippen molar-refractivity contribution in [1.82, 2.24) is 5.01 Å². The predicted octanol–water partition coefficient (Wildman–Crippen LogP) is 5.75. The topological polar surface area (TPSA) is 24.8 Å². The van der Waals surface area contributed by atoms with Crippen LogP contribution in [0.3, 0.4) is 0 Å². The van der Waals surface area contributed by atoms with E-state index < -0.39 is 0 Å². The molecule has 0 N–H and O–H groups in total. The summed E-state index contributed by atoms with van der Waals surface area (Å²) < 4.78 is 7.40. The lowest BCUT2D eigenvalue weighted by Gasteiger charge is -2.37. The summed E-state index contributed by atoms with van der Waals surface area (Å²) in [7, 11) is 0. The Bertz CT molecular complexity index is 937. The standard InChI is InChI=1S/C20H15BrN2OS/c21-14-9-7-13(8-10-14)16-12-17-15-4-1-2-5-18(15)24-20(23(17)22-16)19-6-3-11-25-19/h1-11,17,20H,12H2/t17-,20-/m1/s1. The van der Waals surface area contributed by atoms with Crippen LogP contribution in [-0.4, -0.2) is 10.7 Å². The molecule has 5 heteroatoms. The predicted molar refractivity (Wildman–Crippen MR) is 104 cm³/mol. The molecule has 2 aliphatic heterocycles. The van der Waals surface area contributed by atoms with E-state index >= 15 is 0 Å². The van der Waals surface area contributed by atoms with Gasteiger partial charge in [0, 0.05) is 16.5 Å². The zero-order chi connectivity index (χ0) is 16.8. The zero-order valence-electron chi connectivity index (χ0n) is 13.3. The minimum Gasteiger partial charge on any atom is -0.464 e. The Balaban J connectivity index is 1.59. The van der Waals surface area contributed by atoms with Crippen LogP contribution in [0.2, 0.25) is 0 Å². The number of ether oxygens (including phenoxy) is 1. The number of benzene rings is 2. The second-order valence-electron chi connectivity index (χ2n) is 6.18. The summed E-state index contributed by atoms with van der Waals surface area (Å²) in [5.74, 6) is 0.967. The molecule has 3 nitrogen and oxygen atoms in total. The number of hydrazone groups is 1. The van der Waals surface area contributed by atoms with Gasteiger partial charge in [-0.25, -0.2) is 5.01 Å². The summed E-state index contributed by atoms with van der Waals surface area (Å²) in [6, 6.07) is 21.1. The fourth-order valence-electron chi connectivity index (χ4n) is 3.47. The fraction of sp³-hybridized carbons (Fsp3) is 0.150. The van der Waals surface area contributed by atoms with E-state index in [9.17, 15) is 0 Å². The Hall–Kier alpha value is -2.11. The first kappa shape index (κ1) is 15.2. The molecule has 2 aliphatic rings. The number of hydrogen-bond donors (Lipinski definition) is 0. The third-order valence-electron chi connectivity index (χ3n) is 4.66. The van der Waals surface area contributed by atoms with Gasteiger partial charge < -0.3 is 4.74 Å². The highest BCUT2D eigenvalue weighted by Gasteiger charge is 2.41. The van der Waals surface area contributed by atoms with Crippen molar-refractivity contribution in [1.29, 1.82) is 0 Å². The SMILES string of the molecule is Brc1ccc(C2=NN3[C@H](C2)c2ccccc2O[C@@H]3c2cccs2)cc1. The van der Waals surface area contributed by atoms with E-state index in [1.54, 1.807) is 11.3 Å². The molecule has 0 saturated carbocycles. The highest BCUT2D eigenvalue weighted by Crippen LogP contribution is 2.48. The maximum atomic E-state index is 6.32. The first-order valence-corrected chi connectivity index (χ1v) is 9.87. The van der Waals surface area contributed by atoms with Crippen LogP contribution in [0.5, 0.6) is 5.75 Å². The molecule has 0 spiro atoms. The molecular formula is C20H15BrN2OS. The maximum Gasteiger partial charge on any atom is 0.222 e. The van der Waals surface area contributed by atoms with E-state index in [1.807, 2.05) is 6.07 Å². The smallest absolute Gasteiger partial charge is 0.222 e. The Morgan fingerprint density at radius 3 is 2.68 bits per heavy atom. The van der Waals surface area contributed by atoms with Gasteiger partial charge in [-0.15, -0.1) is 11.3 Å². The van der Waals surface area contributed by atoms with Crippen molar-refractivity contribution in [2.24, 2.45) is 5.10 Å². The van der Waals surface area contributed by atoms with Gasteiger partial charge in [0.05, 0.1) is 16.6 Å². The molecule has 0 unspecified atom stereocenters. The van der Waals surface area contributed by atoms with Gasteiger partial charge in [-0.05, 0) is 35.2 Å². The van der Waals surface area contributed by atoms with E-state index in [0.717, 1.165) is 22.4 Å². The van der Waals surface area contributed by atoms with Crippen molar-refractivity contribution in [2.75, 3.05) is 0 Å². The summed E-state index contributed by atoms with van der Waals surface area (Å²) >= 11 is 5.21. The molecule has 124 valence electrons. The van der Waals surface area contributed by atoms with E-state index in [0.29, 0.717) is 0 Å². The van der Waals surface area contributed by atoms with Crippen LogP contribution >= 0.6 is 27.3 Å². The zero-order valence-corrected chi connectivity index (χ0v) is 15.7. The van der Waals surface area contributed by atoms with Crippen LogP contribution in [0, 0.1) is 0 Å². The number of fused-ring (bicyclic) bond motifs is 3. The Morgan fingerprint density at radius 1 is 1.04 bits per heavy atom. The molecule has 0 saturated heterocycles. The quantitative estimate of drug-likeness (QED) is 0.536. The van der Waals surface area contributed by atoms with Gasteiger partial charge >= 0.3 is 0 Å². The molecule has 3 aromatic rings. The normalized spacial score (nSPS) is 21.3. The van der Waals surface area contributed by atoms with Crippen molar-refractivity contribution < 1.29 is 4.74 Å². The van der Waals surface area contributed by atoms with E-state index in [2.05, 4.69) is 80.9 Å². The average molecular weight is 411 g/mol. The van der Waals surface area contributed by atoms with Gasteiger partial charge in [-0.1, -0.05) is 52.3 Å². The lowest BCUT2D eigenvalue weighted by Crippen LogP contribution is -2.33. The molecule has 1 aromatic heterocycles. The Kier molecular flexibility index (Phi) is 3.64. The highest BCUT2D eigenvalue weighted by molar-refractivity contribution is 9.10. The lowest BCUT2D eigenvalue weighted by molar-refractivity contribution is -0.0165. The molecule has 0 amide bonds. The van der Waals surface area contributed by atoms with Crippen molar-refractivity contribution in [3.63, 3.8) is 0 Å². The Labute approximate surface area is 158 Å². The lowest BCUT2D eigenvalue weighted by atomic mass is 9.96. The molecule has 25 heavy (non-hydrogen) atoms. The van der Waals surface area contributed by atoms with Crippen LogP contribution in [-0.2, 0) is 0 Å². The van der Waals surface area contributed by atoms with Gasteiger partial charge in [-0.2, -0.15) is 5.10 Å². The minimum absolute atomic E-state index is 0.159. The van der Waals surface area contributed by atoms with Gasteiger partial charge in [0.1, 0.15) is 5.75 Å². The van der Waals surface area contributed by atoms with Gasteiger partial charge in [0.2, 0.25) is 6.23 Å². The molecule has 2 atom stereocenters. The summed E-state index contributed by atoms with van der Waals surface area (Å²) in [6.45, 7) is 0. The molecule has 5 rings (SSSR count). The van der Waals surface area contributed by atoms with E-state index in [-0.39, 0.29) is 12.3 Å². The minimum atomic E-state index is -0.159. The van der Waals surface area contributed by atoms with E-state index in [1.165, 1.54) is 16.0 Å². The van der Waals surface area contributed by atoms with Crippen molar-refractivity contribution in [2.45, 2.75) is 18.7 Å². The van der Waals surface area contributed by atoms with Crippen LogP contribution in [0.1, 0.15) is 34.7 Å². The summed E-state index contributed by atoms with van der Waals surface area (Å²) in [5.41, 5.74) is 3.49. The van der Waals surface area contributed by atoms with Gasteiger partial charge in [-0.3, -0.25) is 0 Å². The monoisotopic (exact) mass is 410 g/mol. The van der Waals surface area contributed by atoms with Crippen LogP contribution in [0.15, 0.2) is 75.6 Å². The second-order valence-corrected chi connectivity index (χ2v) is 8.07. The first-order chi connectivity index (χ1) is 12.3. The van der Waals surface area contributed by atoms with Crippen molar-refractivity contribution in [3.8, 4) is 5.75 Å². The molecule has 0 aliphatic carbocycles. The highest BCUT2D eigenvalue weighted by atomic mass is 79.9. The third kappa shape index (κ3) is 2.58. The molecule has 0 bridgehead atoms. The second kappa shape index (κ2) is 6.00. The summed E-state index contributed by atoms with van der Waals surface area (Å²) in [6.07, 6.45) is 0.733. The first-order valence-electron chi connectivity index (χ1n) is 8.20. The van der Waals surface area contributed by atoms with Crippen molar-refractivity contribution >= 4 is 33.0 Å². The number of hydrogen-bond acceptors (Lipinski definition) is 4. The van der Waals surface area contributed by atoms with Gasteiger partial charge in [0.25, 0.3) is 0 Å². The Morgan fingerprint density at radius 2 is 1.88 bits per heavy atom. The number of thiophene rings is 1. The molecule has 0 radical (unpaired) electrons. The summed E-state index contributed by atoms with van der Waals surface area (Å²) in [5, 5.41) is 9.18.